The van der Waals surface area contributed by atoms with Crippen LogP contribution in [0.3, 0.4) is 0 Å². The normalized spacial score (nSPS) is 11.0. The zero-order chi connectivity index (χ0) is 17.0. The number of aromatic nitrogens is 2. The van der Waals surface area contributed by atoms with Gasteiger partial charge in [0, 0.05) is 12.6 Å². The number of imidazole rings is 1. The average Bonchev–Trinajstić information content (AvgIpc) is 2.80. The molecule has 6 heteroatoms. The van der Waals surface area contributed by atoms with E-state index >= 15 is 0 Å². The van der Waals surface area contributed by atoms with Gasteiger partial charge in [-0.15, -0.1) is 0 Å². The van der Waals surface area contributed by atoms with Crippen molar-refractivity contribution in [1.82, 2.24) is 19.8 Å². The first-order valence-corrected chi connectivity index (χ1v) is 7.91. The molecular formula is C17H24N4O2. The fourth-order valence-electron chi connectivity index (χ4n) is 2.55. The first kappa shape index (κ1) is 17.0. The van der Waals surface area contributed by atoms with E-state index in [1.807, 2.05) is 56.5 Å². The second-order valence-electron chi connectivity index (χ2n) is 5.86. The van der Waals surface area contributed by atoms with Gasteiger partial charge in [-0.3, -0.25) is 9.59 Å². The molecule has 2 aromatic rings. The maximum Gasteiger partial charge on any atom is 0.243 e. The van der Waals surface area contributed by atoms with Gasteiger partial charge in [0.15, 0.2) is 0 Å². The summed E-state index contributed by atoms with van der Waals surface area (Å²) >= 11 is 0. The number of carbonyl (C=O) groups excluding carboxylic acids is 2. The van der Waals surface area contributed by atoms with Gasteiger partial charge in [0.05, 0.1) is 17.6 Å². The summed E-state index contributed by atoms with van der Waals surface area (Å²) in [4.78, 5) is 30.5. The molecule has 0 radical (unpaired) electrons. The van der Waals surface area contributed by atoms with E-state index in [4.69, 9.17) is 0 Å². The Morgan fingerprint density at radius 3 is 2.65 bits per heavy atom. The van der Waals surface area contributed by atoms with E-state index in [2.05, 4.69) is 10.3 Å². The highest BCUT2D eigenvalue weighted by molar-refractivity contribution is 5.86. The van der Waals surface area contributed by atoms with E-state index in [1.54, 1.807) is 4.90 Å². The van der Waals surface area contributed by atoms with Gasteiger partial charge >= 0.3 is 0 Å². The van der Waals surface area contributed by atoms with Crippen LogP contribution in [0.15, 0.2) is 24.3 Å². The largest absolute Gasteiger partial charge is 0.352 e. The summed E-state index contributed by atoms with van der Waals surface area (Å²) < 4.78 is 1.89. The molecule has 124 valence electrons. The van der Waals surface area contributed by atoms with E-state index in [1.165, 1.54) is 0 Å². The standard InChI is InChI=1S/C17H24N4O2/c1-5-20(10-16(22)18-12(2)3)17(23)11-21-13(4)19-14-8-6-7-9-15(14)21/h6-9,12H,5,10-11H2,1-4H3,(H,18,22). The molecule has 0 spiro atoms. The quantitative estimate of drug-likeness (QED) is 0.882. The van der Waals surface area contributed by atoms with Crippen molar-refractivity contribution in [3.05, 3.63) is 30.1 Å². The van der Waals surface area contributed by atoms with Gasteiger partial charge in [0.2, 0.25) is 11.8 Å². The zero-order valence-corrected chi connectivity index (χ0v) is 14.2. The first-order valence-electron chi connectivity index (χ1n) is 7.91. The molecule has 2 rings (SSSR count). The number of nitrogens with one attached hydrogen (secondary N) is 1. The van der Waals surface area contributed by atoms with Crippen LogP contribution in [0, 0.1) is 6.92 Å². The van der Waals surface area contributed by atoms with Gasteiger partial charge in [-0.25, -0.2) is 4.98 Å². The Morgan fingerprint density at radius 2 is 2.00 bits per heavy atom. The summed E-state index contributed by atoms with van der Waals surface area (Å²) in [5.41, 5.74) is 1.81. The van der Waals surface area contributed by atoms with Gasteiger partial charge < -0.3 is 14.8 Å². The van der Waals surface area contributed by atoms with Crippen molar-refractivity contribution < 1.29 is 9.59 Å². The zero-order valence-electron chi connectivity index (χ0n) is 14.2. The van der Waals surface area contributed by atoms with Crippen LogP contribution in [0.4, 0.5) is 0 Å². The van der Waals surface area contributed by atoms with Gasteiger partial charge in [-0.1, -0.05) is 12.1 Å². The van der Waals surface area contributed by atoms with Crippen LogP contribution >= 0.6 is 0 Å². The smallest absolute Gasteiger partial charge is 0.243 e. The van der Waals surface area contributed by atoms with Crippen molar-refractivity contribution in [2.45, 2.75) is 40.3 Å². The van der Waals surface area contributed by atoms with Gasteiger partial charge in [-0.2, -0.15) is 0 Å². The predicted octanol–water partition coefficient (Wildman–Crippen LogP) is 1.72. The maximum absolute atomic E-state index is 12.6. The Morgan fingerprint density at radius 1 is 1.30 bits per heavy atom. The molecule has 0 aliphatic heterocycles. The summed E-state index contributed by atoms with van der Waals surface area (Å²) in [6.07, 6.45) is 0. The van der Waals surface area contributed by atoms with E-state index in [-0.39, 0.29) is 30.9 Å². The summed E-state index contributed by atoms with van der Waals surface area (Å²) in [5.74, 6) is 0.572. The fraction of sp³-hybridized carbons (Fsp3) is 0.471. The second-order valence-corrected chi connectivity index (χ2v) is 5.86. The lowest BCUT2D eigenvalue weighted by molar-refractivity contribution is -0.136. The number of amides is 2. The predicted molar refractivity (Wildman–Crippen MR) is 90.0 cm³/mol. The van der Waals surface area contributed by atoms with Crippen LogP contribution in [0.1, 0.15) is 26.6 Å². The van der Waals surface area contributed by atoms with Crippen molar-refractivity contribution in [3.8, 4) is 0 Å². The summed E-state index contributed by atoms with van der Waals surface area (Å²) in [7, 11) is 0. The minimum absolute atomic E-state index is 0.0659. The molecule has 1 heterocycles. The monoisotopic (exact) mass is 316 g/mol. The lowest BCUT2D eigenvalue weighted by Gasteiger charge is -2.22. The second kappa shape index (κ2) is 7.26. The number of likely N-dealkylation sites (N-methyl/N-ethyl adjacent to an activating group) is 1. The molecule has 0 bridgehead atoms. The molecule has 0 fully saturated rings. The molecule has 0 unspecified atom stereocenters. The number of nitrogens with zero attached hydrogens (tertiary/aromatic N) is 3. The molecule has 1 N–H and O–H groups in total. The molecule has 2 amide bonds. The number of hydrogen-bond donors (Lipinski definition) is 1. The molecule has 0 atom stereocenters. The Hall–Kier alpha value is -2.37. The van der Waals surface area contributed by atoms with Crippen LogP contribution in [0.25, 0.3) is 11.0 Å². The van der Waals surface area contributed by atoms with E-state index < -0.39 is 0 Å². The summed E-state index contributed by atoms with van der Waals surface area (Å²) in [5, 5.41) is 2.81. The van der Waals surface area contributed by atoms with Crippen LogP contribution in [0.5, 0.6) is 0 Å². The molecule has 0 aliphatic rings. The molecule has 0 saturated heterocycles. The van der Waals surface area contributed by atoms with Crippen LogP contribution in [0.2, 0.25) is 0 Å². The maximum atomic E-state index is 12.6. The molecular weight excluding hydrogens is 292 g/mol. The Bertz CT molecular complexity index is 706. The topological polar surface area (TPSA) is 67.2 Å². The molecule has 6 nitrogen and oxygen atoms in total. The minimum Gasteiger partial charge on any atom is -0.352 e. The van der Waals surface area contributed by atoms with E-state index in [0.717, 1.165) is 16.9 Å². The SMILES string of the molecule is CCN(CC(=O)NC(C)C)C(=O)Cn1c(C)nc2ccccc21. The summed E-state index contributed by atoms with van der Waals surface area (Å²) in [6.45, 7) is 8.33. The van der Waals surface area contributed by atoms with E-state index in [9.17, 15) is 9.59 Å². The van der Waals surface area contributed by atoms with Crippen molar-refractivity contribution in [1.29, 1.82) is 0 Å². The van der Waals surface area contributed by atoms with Gasteiger partial charge in [0.25, 0.3) is 0 Å². The van der Waals surface area contributed by atoms with Crippen molar-refractivity contribution in [2.24, 2.45) is 0 Å². The number of para-hydroxylation sites is 2. The van der Waals surface area contributed by atoms with Gasteiger partial charge in [-0.05, 0) is 39.8 Å². The molecule has 0 saturated carbocycles. The molecule has 23 heavy (non-hydrogen) atoms. The molecule has 0 aliphatic carbocycles. The number of benzene rings is 1. The van der Waals surface area contributed by atoms with Crippen LogP contribution in [-0.2, 0) is 16.1 Å². The highest BCUT2D eigenvalue weighted by atomic mass is 16.2. The number of hydrogen-bond acceptors (Lipinski definition) is 3. The number of fused-ring (bicyclic) bond motifs is 1. The van der Waals surface area contributed by atoms with Crippen molar-refractivity contribution in [2.75, 3.05) is 13.1 Å². The lowest BCUT2D eigenvalue weighted by atomic mass is 10.3. The molecule has 1 aromatic heterocycles. The third-order valence-corrected chi connectivity index (χ3v) is 3.66. The minimum atomic E-state index is -0.137. The third kappa shape index (κ3) is 4.09. The Kier molecular flexibility index (Phi) is 5.36. The third-order valence-electron chi connectivity index (χ3n) is 3.66. The Balaban J connectivity index is 2.12. The van der Waals surface area contributed by atoms with E-state index in [0.29, 0.717) is 6.54 Å². The van der Waals surface area contributed by atoms with Crippen molar-refractivity contribution in [3.63, 3.8) is 0 Å². The molecule has 1 aromatic carbocycles. The number of carbonyl (C=O) groups is 2. The first-order chi connectivity index (χ1) is 10.9. The highest BCUT2D eigenvalue weighted by Crippen LogP contribution is 2.15. The van der Waals surface area contributed by atoms with Crippen molar-refractivity contribution >= 4 is 22.8 Å². The number of rotatable bonds is 6. The highest BCUT2D eigenvalue weighted by Gasteiger charge is 2.18. The summed E-state index contributed by atoms with van der Waals surface area (Å²) in [6, 6.07) is 7.80. The van der Waals surface area contributed by atoms with Gasteiger partial charge in [0.1, 0.15) is 12.4 Å². The van der Waals surface area contributed by atoms with Crippen LogP contribution < -0.4 is 5.32 Å². The fourth-order valence-corrected chi connectivity index (χ4v) is 2.55. The van der Waals surface area contributed by atoms with Crippen LogP contribution in [-0.4, -0.2) is 45.4 Å². The number of aryl methyl sites for hydroxylation is 1. The lowest BCUT2D eigenvalue weighted by Crippen LogP contribution is -2.43. The average molecular weight is 316 g/mol. The Labute approximate surface area is 136 Å².